The standard InChI is InChI=1S/C22H33N3O4Si/c1-7-17(29-30(5,6)22(2,3)4)16-13-18(28-14-15-11-9-8-10-12-15)20-23-19(21(26)27)24-25(16)20/h8-12,16-18H,7,13-14H2,1-6H3,(H,26,27). The second kappa shape index (κ2) is 8.61. The lowest BCUT2D eigenvalue weighted by atomic mass is 10.1. The summed E-state index contributed by atoms with van der Waals surface area (Å²) in [5, 5.41) is 13.8. The number of ether oxygens (including phenoxy) is 1. The zero-order valence-electron chi connectivity index (χ0n) is 18.8. The predicted octanol–water partition coefficient (Wildman–Crippen LogP) is 4.98. The summed E-state index contributed by atoms with van der Waals surface area (Å²) in [6.07, 6.45) is 1.10. The van der Waals surface area contributed by atoms with E-state index in [1.807, 2.05) is 30.3 Å². The summed E-state index contributed by atoms with van der Waals surface area (Å²) < 4.78 is 14.6. The Morgan fingerprint density at radius 1 is 1.30 bits per heavy atom. The lowest BCUT2D eigenvalue weighted by Crippen LogP contribution is -2.45. The molecule has 2 aromatic rings. The van der Waals surface area contributed by atoms with Crippen LogP contribution >= 0.6 is 0 Å². The van der Waals surface area contributed by atoms with Crippen LogP contribution in [0.1, 0.15) is 74.7 Å². The summed E-state index contributed by atoms with van der Waals surface area (Å²) in [7, 11) is -2.00. The molecular weight excluding hydrogens is 398 g/mol. The average Bonchev–Trinajstić information content (AvgIpc) is 3.24. The Morgan fingerprint density at radius 3 is 2.53 bits per heavy atom. The number of hydrogen-bond acceptors (Lipinski definition) is 5. The average molecular weight is 432 g/mol. The molecule has 0 saturated heterocycles. The molecule has 3 atom stereocenters. The molecule has 3 unspecified atom stereocenters. The van der Waals surface area contributed by atoms with Crippen LogP contribution in [0, 0.1) is 0 Å². The van der Waals surface area contributed by atoms with E-state index in [0.717, 1.165) is 12.0 Å². The van der Waals surface area contributed by atoms with Crippen molar-refractivity contribution in [1.29, 1.82) is 0 Å². The van der Waals surface area contributed by atoms with Crippen LogP contribution in [0.4, 0.5) is 0 Å². The smallest absolute Gasteiger partial charge is 0.375 e. The van der Waals surface area contributed by atoms with E-state index >= 15 is 0 Å². The van der Waals surface area contributed by atoms with Crippen molar-refractivity contribution in [2.45, 2.75) is 83.5 Å². The number of rotatable bonds is 8. The quantitative estimate of drug-likeness (QED) is 0.593. The fraction of sp³-hybridized carbons (Fsp3) is 0.591. The van der Waals surface area contributed by atoms with Crippen molar-refractivity contribution < 1.29 is 19.1 Å². The van der Waals surface area contributed by atoms with Gasteiger partial charge in [0.2, 0.25) is 0 Å². The Labute approximate surface area is 179 Å². The maximum absolute atomic E-state index is 11.5. The third-order valence-electron chi connectivity index (χ3n) is 6.28. The molecule has 1 aliphatic heterocycles. The number of carbonyl (C=O) groups is 1. The zero-order chi connectivity index (χ0) is 22.1. The molecule has 0 aliphatic carbocycles. The van der Waals surface area contributed by atoms with E-state index in [1.54, 1.807) is 4.68 Å². The van der Waals surface area contributed by atoms with Gasteiger partial charge in [-0.1, -0.05) is 58.0 Å². The van der Waals surface area contributed by atoms with Crippen LogP contribution in [-0.2, 0) is 15.8 Å². The number of carboxylic acid groups (broad SMARTS) is 1. The zero-order valence-corrected chi connectivity index (χ0v) is 19.8. The van der Waals surface area contributed by atoms with E-state index in [4.69, 9.17) is 9.16 Å². The molecule has 3 rings (SSSR count). The molecule has 0 bridgehead atoms. The maximum Gasteiger partial charge on any atom is 0.375 e. The molecule has 164 valence electrons. The fourth-order valence-corrected chi connectivity index (χ4v) is 4.96. The van der Waals surface area contributed by atoms with E-state index in [1.165, 1.54) is 0 Å². The fourth-order valence-electron chi connectivity index (χ4n) is 3.53. The molecule has 7 nitrogen and oxygen atoms in total. The third kappa shape index (κ3) is 4.66. The van der Waals surface area contributed by atoms with Gasteiger partial charge in [0.25, 0.3) is 5.82 Å². The summed E-state index contributed by atoms with van der Waals surface area (Å²) in [6, 6.07) is 9.84. The Bertz CT molecular complexity index is 876. The topological polar surface area (TPSA) is 86.5 Å². The minimum Gasteiger partial charge on any atom is -0.475 e. The third-order valence-corrected chi connectivity index (χ3v) is 10.8. The van der Waals surface area contributed by atoms with Crippen LogP contribution in [-0.4, -0.2) is 40.3 Å². The summed E-state index contributed by atoms with van der Waals surface area (Å²) in [4.78, 5) is 15.8. The molecule has 0 amide bonds. The van der Waals surface area contributed by atoms with E-state index in [0.29, 0.717) is 18.9 Å². The van der Waals surface area contributed by atoms with Crippen LogP contribution in [0.25, 0.3) is 0 Å². The molecule has 8 heteroatoms. The van der Waals surface area contributed by atoms with Gasteiger partial charge in [-0.15, -0.1) is 5.10 Å². The molecule has 0 spiro atoms. The highest BCUT2D eigenvalue weighted by atomic mass is 28.4. The van der Waals surface area contributed by atoms with Crippen LogP contribution < -0.4 is 0 Å². The van der Waals surface area contributed by atoms with Gasteiger partial charge in [0.15, 0.2) is 14.1 Å². The molecule has 1 aromatic carbocycles. The molecule has 30 heavy (non-hydrogen) atoms. The molecule has 0 radical (unpaired) electrons. The van der Waals surface area contributed by atoms with Gasteiger partial charge in [-0.05, 0) is 30.1 Å². The van der Waals surface area contributed by atoms with Gasteiger partial charge in [-0.2, -0.15) is 0 Å². The van der Waals surface area contributed by atoms with Gasteiger partial charge in [-0.3, -0.25) is 0 Å². The van der Waals surface area contributed by atoms with E-state index in [-0.39, 0.29) is 29.1 Å². The van der Waals surface area contributed by atoms with Crippen molar-refractivity contribution in [3.05, 3.63) is 47.5 Å². The number of benzene rings is 1. The first-order valence-electron chi connectivity index (χ1n) is 10.6. The molecule has 0 saturated carbocycles. The Kier molecular flexibility index (Phi) is 6.50. The summed E-state index contributed by atoms with van der Waals surface area (Å²) in [5.74, 6) is -0.744. The lowest BCUT2D eigenvalue weighted by Gasteiger charge is -2.40. The van der Waals surface area contributed by atoms with Gasteiger partial charge in [0.1, 0.15) is 6.10 Å². The second-order valence-electron chi connectivity index (χ2n) is 9.46. The van der Waals surface area contributed by atoms with Gasteiger partial charge < -0.3 is 14.3 Å². The van der Waals surface area contributed by atoms with Crippen molar-refractivity contribution in [3.63, 3.8) is 0 Å². The lowest BCUT2D eigenvalue weighted by molar-refractivity contribution is 0.0244. The maximum atomic E-state index is 11.5. The summed E-state index contributed by atoms with van der Waals surface area (Å²) in [6.45, 7) is 13.7. The van der Waals surface area contributed by atoms with Gasteiger partial charge in [0, 0.05) is 6.42 Å². The minimum atomic E-state index is -2.00. The van der Waals surface area contributed by atoms with E-state index in [9.17, 15) is 9.90 Å². The molecule has 1 aliphatic rings. The van der Waals surface area contributed by atoms with Crippen LogP contribution in [0.15, 0.2) is 30.3 Å². The first-order chi connectivity index (χ1) is 14.0. The van der Waals surface area contributed by atoms with Crippen LogP contribution in [0.5, 0.6) is 0 Å². The van der Waals surface area contributed by atoms with Crippen molar-refractivity contribution in [2.24, 2.45) is 0 Å². The SMILES string of the molecule is CCC(O[Si](C)(C)C(C)(C)C)C1CC(OCc2ccccc2)c2nc(C(=O)O)nn21. The number of aromatic nitrogens is 3. The minimum absolute atomic E-state index is 0.0710. The number of carboxylic acids is 1. The Hall–Kier alpha value is -2.03. The largest absolute Gasteiger partial charge is 0.475 e. The van der Waals surface area contributed by atoms with Gasteiger partial charge in [-0.25, -0.2) is 14.5 Å². The second-order valence-corrected chi connectivity index (χ2v) is 14.2. The van der Waals surface area contributed by atoms with Gasteiger partial charge in [0.05, 0.1) is 18.8 Å². The van der Waals surface area contributed by atoms with E-state index in [2.05, 4.69) is 50.9 Å². The molecule has 1 aromatic heterocycles. The summed E-state index contributed by atoms with van der Waals surface area (Å²) in [5.41, 5.74) is 1.06. The van der Waals surface area contributed by atoms with Crippen molar-refractivity contribution in [1.82, 2.24) is 14.8 Å². The summed E-state index contributed by atoms with van der Waals surface area (Å²) >= 11 is 0. The highest BCUT2D eigenvalue weighted by Crippen LogP contribution is 2.43. The monoisotopic (exact) mass is 431 g/mol. The molecule has 0 fully saturated rings. The Morgan fingerprint density at radius 2 is 1.97 bits per heavy atom. The predicted molar refractivity (Wildman–Crippen MR) is 117 cm³/mol. The highest BCUT2D eigenvalue weighted by molar-refractivity contribution is 6.74. The van der Waals surface area contributed by atoms with E-state index < -0.39 is 14.3 Å². The van der Waals surface area contributed by atoms with Crippen LogP contribution in [0.2, 0.25) is 18.1 Å². The normalized spacial score (nSPS) is 20.2. The van der Waals surface area contributed by atoms with Crippen LogP contribution in [0.3, 0.4) is 0 Å². The molecular formula is C22H33N3O4Si. The first kappa shape index (κ1) is 22.6. The number of aromatic carboxylic acids is 1. The van der Waals surface area contributed by atoms with Gasteiger partial charge >= 0.3 is 5.97 Å². The first-order valence-corrected chi connectivity index (χ1v) is 13.5. The molecule has 1 N–H and O–H groups in total. The Balaban J connectivity index is 1.85. The van der Waals surface area contributed by atoms with Crippen molar-refractivity contribution in [3.8, 4) is 0 Å². The number of hydrogen-bond donors (Lipinski definition) is 1. The highest BCUT2D eigenvalue weighted by Gasteiger charge is 2.45. The number of nitrogens with zero attached hydrogens (tertiary/aromatic N) is 3. The molecule has 2 heterocycles. The van der Waals surface area contributed by atoms with Crippen molar-refractivity contribution in [2.75, 3.05) is 0 Å². The number of fused-ring (bicyclic) bond motifs is 1. The van der Waals surface area contributed by atoms with Crippen molar-refractivity contribution >= 4 is 14.3 Å².